The minimum absolute atomic E-state index is 0.694. The molecule has 0 saturated carbocycles. The predicted octanol–water partition coefficient (Wildman–Crippen LogP) is 3.87. The summed E-state index contributed by atoms with van der Waals surface area (Å²) < 4.78 is 11.3. The van der Waals surface area contributed by atoms with Gasteiger partial charge in [0.25, 0.3) is 0 Å². The Labute approximate surface area is 132 Å². The second-order valence-electron chi connectivity index (χ2n) is 5.22. The monoisotopic (exact) mass is 300 g/mol. The molecule has 4 N–H and O–H groups in total. The molecule has 0 saturated heterocycles. The molecule has 0 radical (unpaired) electrons. The Morgan fingerprint density at radius 1 is 0.682 bits per heavy atom. The van der Waals surface area contributed by atoms with Crippen molar-refractivity contribution in [3.8, 4) is 11.5 Å². The van der Waals surface area contributed by atoms with E-state index in [0.29, 0.717) is 12.3 Å². The van der Waals surface area contributed by atoms with Crippen LogP contribution in [0.1, 0.15) is 25.7 Å². The molecule has 0 bridgehead atoms. The lowest BCUT2D eigenvalue weighted by Gasteiger charge is -2.09. The van der Waals surface area contributed by atoms with Gasteiger partial charge in [-0.3, -0.25) is 0 Å². The summed E-state index contributed by atoms with van der Waals surface area (Å²) in [6.45, 7) is 1.43. The molecule has 0 unspecified atom stereocenters. The third-order valence-electron chi connectivity index (χ3n) is 3.36. The Bertz CT molecular complexity index is 555. The van der Waals surface area contributed by atoms with Gasteiger partial charge < -0.3 is 20.9 Å². The number of nitrogen functional groups attached to an aromatic ring is 2. The van der Waals surface area contributed by atoms with Gasteiger partial charge in [-0.05, 0) is 62.1 Å². The molecule has 0 aromatic heterocycles. The van der Waals surface area contributed by atoms with Gasteiger partial charge in [0.15, 0.2) is 0 Å². The lowest BCUT2D eigenvalue weighted by atomic mass is 10.2. The number of hydrogen-bond acceptors (Lipinski definition) is 4. The SMILES string of the molecule is Nc1ccc(OCCCCCCOc2ccccc2N)cc1. The molecule has 0 heterocycles. The molecule has 4 nitrogen and oxygen atoms in total. The Hall–Kier alpha value is -2.36. The summed E-state index contributed by atoms with van der Waals surface area (Å²) in [4.78, 5) is 0. The van der Waals surface area contributed by atoms with Crippen LogP contribution in [0.3, 0.4) is 0 Å². The van der Waals surface area contributed by atoms with Crippen LogP contribution in [0.2, 0.25) is 0 Å². The minimum Gasteiger partial charge on any atom is -0.494 e. The van der Waals surface area contributed by atoms with Gasteiger partial charge in [-0.25, -0.2) is 0 Å². The number of hydrogen-bond donors (Lipinski definition) is 2. The van der Waals surface area contributed by atoms with E-state index in [1.165, 1.54) is 0 Å². The first-order valence-corrected chi connectivity index (χ1v) is 7.71. The van der Waals surface area contributed by atoms with Crippen molar-refractivity contribution in [3.05, 3.63) is 48.5 Å². The summed E-state index contributed by atoms with van der Waals surface area (Å²) >= 11 is 0. The normalized spacial score (nSPS) is 10.4. The molecule has 2 aromatic rings. The van der Waals surface area contributed by atoms with Gasteiger partial charge in [0.05, 0.1) is 18.9 Å². The Kier molecular flexibility index (Phi) is 6.42. The highest BCUT2D eigenvalue weighted by molar-refractivity contribution is 5.51. The van der Waals surface area contributed by atoms with Crippen LogP contribution in [0.4, 0.5) is 11.4 Å². The first-order valence-electron chi connectivity index (χ1n) is 7.71. The highest BCUT2D eigenvalue weighted by Crippen LogP contribution is 2.20. The fourth-order valence-corrected chi connectivity index (χ4v) is 2.11. The summed E-state index contributed by atoms with van der Waals surface area (Å²) in [6.07, 6.45) is 4.31. The largest absolute Gasteiger partial charge is 0.494 e. The number of unbranched alkanes of at least 4 members (excludes halogenated alkanes) is 3. The third kappa shape index (κ3) is 5.56. The summed E-state index contributed by atoms with van der Waals surface area (Å²) in [7, 11) is 0. The molecular formula is C18H24N2O2. The average Bonchev–Trinajstić information content (AvgIpc) is 2.53. The van der Waals surface area contributed by atoms with E-state index in [-0.39, 0.29) is 0 Å². The second-order valence-corrected chi connectivity index (χ2v) is 5.22. The smallest absolute Gasteiger partial charge is 0.142 e. The fourth-order valence-electron chi connectivity index (χ4n) is 2.11. The molecule has 22 heavy (non-hydrogen) atoms. The maximum atomic E-state index is 5.82. The van der Waals surface area contributed by atoms with E-state index in [0.717, 1.165) is 49.5 Å². The second kappa shape index (κ2) is 8.82. The van der Waals surface area contributed by atoms with Crippen LogP contribution in [0.25, 0.3) is 0 Å². The highest BCUT2D eigenvalue weighted by atomic mass is 16.5. The molecule has 0 aliphatic rings. The maximum absolute atomic E-state index is 5.82. The van der Waals surface area contributed by atoms with Gasteiger partial charge >= 0.3 is 0 Å². The number of benzene rings is 2. The van der Waals surface area contributed by atoms with Gasteiger partial charge in [-0.15, -0.1) is 0 Å². The minimum atomic E-state index is 0.694. The Morgan fingerprint density at radius 3 is 2.00 bits per heavy atom. The first kappa shape index (κ1) is 16.0. The molecule has 2 rings (SSSR count). The Balaban J connectivity index is 1.49. The lowest BCUT2D eigenvalue weighted by Crippen LogP contribution is -2.01. The van der Waals surface area contributed by atoms with Gasteiger partial charge in [-0.2, -0.15) is 0 Å². The van der Waals surface area contributed by atoms with Crippen LogP contribution >= 0.6 is 0 Å². The number of para-hydroxylation sites is 2. The van der Waals surface area contributed by atoms with Crippen LogP contribution in [-0.4, -0.2) is 13.2 Å². The van der Waals surface area contributed by atoms with Crippen LogP contribution in [-0.2, 0) is 0 Å². The number of anilines is 2. The molecule has 2 aromatic carbocycles. The maximum Gasteiger partial charge on any atom is 0.142 e. The van der Waals surface area contributed by atoms with Gasteiger partial charge in [0.1, 0.15) is 11.5 Å². The van der Waals surface area contributed by atoms with Crippen LogP contribution < -0.4 is 20.9 Å². The van der Waals surface area contributed by atoms with Crippen molar-refractivity contribution in [1.29, 1.82) is 0 Å². The predicted molar refractivity (Wildman–Crippen MR) is 91.2 cm³/mol. The molecule has 0 aliphatic heterocycles. The van der Waals surface area contributed by atoms with E-state index >= 15 is 0 Å². The van der Waals surface area contributed by atoms with Gasteiger partial charge in [0.2, 0.25) is 0 Å². The van der Waals surface area contributed by atoms with Crippen molar-refractivity contribution >= 4 is 11.4 Å². The summed E-state index contributed by atoms with van der Waals surface area (Å²) in [5.74, 6) is 1.64. The highest BCUT2D eigenvalue weighted by Gasteiger charge is 1.98. The third-order valence-corrected chi connectivity index (χ3v) is 3.36. The number of rotatable bonds is 9. The van der Waals surface area contributed by atoms with E-state index < -0.39 is 0 Å². The standard InChI is InChI=1S/C18H24N2O2/c19-15-9-11-16(12-10-15)21-13-5-1-2-6-14-22-18-8-4-3-7-17(18)20/h3-4,7-12H,1-2,5-6,13-14,19-20H2. The Morgan fingerprint density at radius 2 is 1.32 bits per heavy atom. The van der Waals surface area contributed by atoms with Crippen molar-refractivity contribution in [2.24, 2.45) is 0 Å². The van der Waals surface area contributed by atoms with Crippen molar-refractivity contribution in [2.45, 2.75) is 25.7 Å². The molecule has 0 atom stereocenters. The van der Waals surface area contributed by atoms with E-state index in [1.807, 2.05) is 48.5 Å². The molecule has 0 amide bonds. The molecular weight excluding hydrogens is 276 g/mol. The summed E-state index contributed by atoms with van der Waals surface area (Å²) in [5, 5.41) is 0. The molecule has 118 valence electrons. The molecule has 0 aliphatic carbocycles. The van der Waals surface area contributed by atoms with E-state index in [2.05, 4.69) is 0 Å². The van der Waals surface area contributed by atoms with Crippen LogP contribution in [0.15, 0.2) is 48.5 Å². The molecule has 0 fully saturated rings. The zero-order valence-electron chi connectivity index (χ0n) is 12.8. The van der Waals surface area contributed by atoms with Crippen molar-refractivity contribution in [1.82, 2.24) is 0 Å². The first-order chi connectivity index (χ1) is 10.8. The van der Waals surface area contributed by atoms with E-state index in [4.69, 9.17) is 20.9 Å². The molecule has 0 spiro atoms. The van der Waals surface area contributed by atoms with E-state index in [9.17, 15) is 0 Å². The topological polar surface area (TPSA) is 70.5 Å². The zero-order valence-corrected chi connectivity index (χ0v) is 12.8. The van der Waals surface area contributed by atoms with E-state index in [1.54, 1.807) is 0 Å². The van der Waals surface area contributed by atoms with Crippen LogP contribution in [0, 0.1) is 0 Å². The van der Waals surface area contributed by atoms with Crippen molar-refractivity contribution < 1.29 is 9.47 Å². The van der Waals surface area contributed by atoms with Gasteiger partial charge in [0, 0.05) is 5.69 Å². The number of ether oxygens (including phenoxy) is 2. The average molecular weight is 300 g/mol. The van der Waals surface area contributed by atoms with Crippen LogP contribution in [0.5, 0.6) is 11.5 Å². The molecule has 4 heteroatoms. The van der Waals surface area contributed by atoms with Crippen molar-refractivity contribution in [3.63, 3.8) is 0 Å². The lowest BCUT2D eigenvalue weighted by molar-refractivity contribution is 0.288. The fraction of sp³-hybridized carbons (Fsp3) is 0.333. The quantitative estimate of drug-likeness (QED) is 0.545. The summed E-state index contributed by atoms with van der Waals surface area (Å²) in [5.41, 5.74) is 12.9. The zero-order chi connectivity index (χ0) is 15.6. The number of nitrogens with two attached hydrogens (primary N) is 2. The summed E-state index contributed by atoms with van der Waals surface area (Å²) in [6, 6.07) is 15.1. The van der Waals surface area contributed by atoms with Gasteiger partial charge in [-0.1, -0.05) is 12.1 Å². The van der Waals surface area contributed by atoms with Crippen molar-refractivity contribution in [2.75, 3.05) is 24.7 Å².